The molecule has 5 heteroatoms. The molecule has 3 rings (SSSR count). The molecule has 5 nitrogen and oxygen atoms in total. The quantitative estimate of drug-likeness (QED) is 0.756. The molecule has 96 valence electrons. The Morgan fingerprint density at radius 1 is 1.37 bits per heavy atom. The fourth-order valence-electron chi connectivity index (χ4n) is 2.26. The second kappa shape index (κ2) is 4.35. The zero-order valence-electron chi connectivity index (χ0n) is 10.8. The number of rotatable bonds is 2. The van der Waals surface area contributed by atoms with Crippen LogP contribution in [0, 0.1) is 13.8 Å². The van der Waals surface area contributed by atoms with Crippen LogP contribution in [0.5, 0.6) is 0 Å². The molecule has 1 N–H and O–H groups in total. The highest BCUT2D eigenvalue weighted by atomic mass is 16.1. The fraction of sp³-hybridized carbons (Fsp3) is 0.214. The van der Waals surface area contributed by atoms with Crippen molar-refractivity contribution in [3.8, 4) is 0 Å². The van der Waals surface area contributed by atoms with E-state index in [1.54, 1.807) is 16.9 Å². The average Bonchev–Trinajstić information content (AvgIpc) is 2.69. The van der Waals surface area contributed by atoms with Gasteiger partial charge in [-0.15, -0.1) is 0 Å². The van der Waals surface area contributed by atoms with E-state index in [2.05, 4.69) is 15.1 Å². The largest absolute Gasteiger partial charge is 0.270 e. The Morgan fingerprint density at radius 2 is 2.21 bits per heavy atom. The molecule has 3 heterocycles. The van der Waals surface area contributed by atoms with Gasteiger partial charge in [-0.1, -0.05) is 6.07 Å². The minimum absolute atomic E-state index is 0.0925. The maximum Gasteiger partial charge on any atom is 0.270 e. The van der Waals surface area contributed by atoms with E-state index in [1.165, 1.54) is 0 Å². The van der Waals surface area contributed by atoms with Crippen LogP contribution in [0.1, 0.15) is 22.5 Å². The Bertz CT molecular complexity index is 786. The van der Waals surface area contributed by atoms with Crippen LogP contribution < -0.4 is 5.56 Å². The van der Waals surface area contributed by atoms with Crippen LogP contribution in [0.25, 0.3) is 5.65 Å². The van der Waals surface area contributed by atoms with Crippen molar-refractivity contribution in [3.05, 3.63) is 63.5 Å². The van der Waals surface area contributed by atoms with Crippen LogP contribution in [0.15, 0.2) is 35.4 Å². The van der Waals surface area contributed by atoms with E-state index in [1.807, 2.05) is 32.0 Å². The maximum absolute atomic E-state index is 12.1. The molecule has 0 saturated carbocycles. The van der Waals surface area contributed by atoms with Crippen molar-refractivity contribution >= 4 is 5.65 Å². The fourth-order valence-corrected chi connectivity index (χ4v) is 2.26. The van der Waals surface area contributed by atoms with E-state index in [9.17, 15) is 4.79 Å². The number of pyridine rings is 1. The number of aromatic amines is 1. The van der Waals surface area contributed by atoms with Crippen molar-refractivity contribution in [2.75, 3.05) is 0 Å². The van der Waals surface area contributed by atoms with E-state index in [4.69, 9.17) is 0 Å². The number of hydrogen-bond acceptors (Lipinski definition) is 3. The maximum atomic E-state index is 12.1. The van der Waals surface area contributed by atoms with Crippen LogP contribution in [0.4, 0.5) is 0 Å². The molecule has 3 aromatic heterocycles. The van der Waals surface area contributed by atoms with Gasteiger partial charge in [0.1, 0.15) is 0 Å². The first kappa shape index (κ1) is 11.6. The van der Waals surface area contributed by atoms with Crippen molar-refractivity contribution in [3.63, 3.8) is 0 Å². The summed E-state index contributed by atoms with van der Waals surface area (Å²) in [6.45, 7) is 3.88. The summed E-state index contributed by atoms with van der Waals surface area (Å²) in [5.41, 5.74) is 4.17. The number of fused-ring (bicyclic) bond motifs is 1. The molecule has 0 aliphatic carbocycles. The number of H-pyrrole nitrogens is 1. The average molecular weight is 254 g/mol. The van der Waals surface area contributed by atoms with Gasteiger partial charge in [0.2, 0.25) is 0 Å². The molecule has 19 heavy (non-hydrogen) atoms. The number of nitrogens with one attached hydrogen (secondary N) is 1. The smallest absolute Gasteiger partial charge is 0.268 e. The van der Waals surface area contributed by atoms with Gasteiger partial charge in [0, 0.05) is 30.2 Å². The summed E-state index contributed by atoms with van der Waals surface area (Å²) in [7, 11) is 0. The number of hydrogen-bond donors (Lipinski definition) is 1. The Labute approximate surface area is 109 Å². The summed E-state index contributed by atoms with van der Waals surface area (Å²) >= 11 is 0. The van der Waals surface area contributed by atoms with Gasteiger partial charge in [0.25, 0.3) is 5.56 Å². The second-order valence-electron chi connectivity index (χ2n) is 4.66. The van der Waals surface area contributed by atoms with Gasteiger partial charge in [0.05, 0.1) is 5.56 Å². The van der Waals surface area contributed by atoms with Crippen LogP contribution in [0.3, 0.4) is 0 Å². The summed E-state index contributed by atoms with van der Waals surface area (Å²) in [5, 5.41) is 2.82. The lowest BCUT2D eigenvalue weighted by molar-refractivity contribution is 0.871. The van der Waals surface area contributed by atoms with Gasteiger partial charge < -0.3 is 0 Å². The predicted octanol–water partition coefficient (Wildman–Crippen LogP) is 1.63. The van der Waals surface area contributed by atoms with Gasteiger partial charge in [-0.05, 0) is 31.5 Å². The van der Waals surface area contributed by atoms with Crippen molar-refractivity contribution in [2.24, 2.45) is 0 Å². The van der Waals surface area contributed by atoms with E-state index in [-0.39, 0.29) is 5.56 Å². The first-order valence-corrected chi connectivity index (χ1v) is 6.12. The van der Waals surface area contributed by atoms with Crippen molar-refractivity contribution in [1.29, 1.82) is 0 Å². The Morgan fingerprint density at radius 3 is 2.95 bits per heavy atom. The summed E-state index contributed by atoms with van der Waals surface area (Å²) < 4.78 is 1.74. The molecule has 0 fully saturated rings. The molecule has 0 saturated heterocycles. The standard InChI is InChI=1S/C14H14N4O/c1-9-6-10(2)18-13(16-9)12(14(19)17-18)7-11-4-3-5-15-8-11/h3-6,8H,7H2,1-2H3,(H,17,19). The molecule has 0 aliphatic heterocycles. The summed E-state index contributed by atoms with van der Waals surface area (Å²) in [6, 6.07) is 5.76. The highest BCUT2D eigenvalue weighted by Crippen LogP contribution is 2.12. The Hall–Kier alpha value is -2.43. The van der Waals surface area contributed by atoms with Crippen molar-refractivity contribution in [2.45, 2.75) is 20.3 Å². The number of aromatic nitrogens is 4. The van der Waals surface area contributed by atoms with Gasteiger partial charge >= 0.3 is 0 Å². The molecule has 0 radical (unpaired) electrons. The normalized spacial score (nSPS) is 11.1. The highest BCUT2D eigenvalue weighted by molar-refractivity contribution is 5.49. The van der Waals surface area contributed by atoms with Crippen LogP contribution in [0.2, 0.25) is 0 Å². The molecular formula is C14H14N4O. The molecule has 0 atom stereocenters. The number of aryl methyl sites for hydroxylation is 2. The van der Waals surface area contributed by atoms with Gasteiger partial charge in [-0.3, -0.25) is 14.9 Å². The van der Waals surface area contributed by atoms with E-state index in [0.29, 0.717) is 17.6 Å². The summed E-state index contributed by atoms with van der Waals surface area (Å²) in [4.78, 5) is 20.6. The predicted molar refractivity (Wildman–Crippen MR) is 72.3 cm³/mol. The second-order valence-corrected chi connectivity index (χ2v) is 4.66. The van der Waals surface area contributed by atoms with E-state index in [0.717, 1.165) is 17.0 Å². The molecule has 0 aliphatic rings. The third-order valence-electron chi connectivity index (χ3n) is 3.13. The lowest BCUT2D eigenvalue weighted by Crippen LogP contribution is -2.07. The molecule has 0 spiro atoms. The molecule has 0 unspecified atom stereocenters. The SMILES string of the molecule is Cc1cc(C)n2[nH]c(=O)c(Cc3cccnc3)c2n1. The van der Waals surface area contributed by atoms with Crippen molar-refractivity contribution in [1.82, 2.24) is 19.6 Å². The summed E-state index contributed by atoms with van der Waals surface area (Å²) in [6.07, 6.45) is 4.03. The Balaban J connectivity index is 2.18. The van der Waals surface area contributed by atoms with Gasteiger partial charge in [0.15, 0.2) is 5.65 Å². The lowest BCUT2D eigenvalue weighted by atomic mass is 10.1. The monoisotopic (exact) mass is 254 g/mol. The minimum Gasteiger partial charge on any atom is -0.268 e. The topological polar surface area (TPSA) is 63.0 Å². The van der Waals surface area contributed by atoms with E-state index < -0.39 is 0 Å². The zero-order valence-corrected chi connectivity index (χ0v) is 10.8. The van der Waals surface area contributed by atoms with Crippen LogP contribution in [-0.4, -0.2) is 19.6 Å². The van der Waals surface area contributed by atoms with Crippen LogP contribution in [-0.2, 0) is 6.42 Å². The third kappa shape index (κ3) is 2.03. The lowest BCUT2D eigenvalue weighted by Gasteiger charge is -2.02. The first-order valence-electron chi connectivity index (χ1n) is 6.12. The minimum atomic E-state index is -0.0925. The molecule has 0 bridgehead atoms. The van der Waals surface area contributed by atoms with Crippen LogP contribution >= 0.6 is 0 Å². The van der Waals surface area contributed by atoms with E-state index >= 15 is 0 Å². The van der Waals surface area contributed by atoms with Gasteiger partial charge in [-0.2, -0.15) is 0 Å². The highest BCUT2D eigenvalue weighted by Gasteiger charge is 2.12. The summed E-state index contributed by atoms with van der Waals surface area (Å²) in [5.74, 6) is 0. The molecule has 0 aromatic carbocycles. The van der Waals surface area contributed by atoms with Crippen molar-refractivity contribution < 1.29 is 0 Å². The molecular weight excluding hydrogens is 240 g/mol. The number of nitrogens with zero attached hydrogens (tertiary/aromatic N) is 3. The van der Waals surface area contributed by atoms with Gasteiger partial charge in [-0.25, -0.2) is 9.50 Å². The molecule has 0 amide bonds. The first-order chi connectivity index (χ1) is 9.15. The third-order valence-corrected chi connectivity index (χ3v) is 3.13. The zero-order chi connectivity index (χ0) is 13.4. The Kier molecular flexibility index (Phi) is 2.67. The molecule has 3 aromatic rings.